The summed E-state index contributed by atoms with van der Waals surface area (Å²) in [5, 5.41) is 6.87. The van der Waals surface area contributed by atoms with E-state index in [4.69, 9.17) is 9.26 Å². The maximum absolute atomic E-state index is 12.2. The first-order valence-electron chi connectivity index (χ1n) is 7.95. The molecular weight excluding hydrogens is 306 g/mol. The van der Waals surface area contributed by atoms with Gasteiger partial charge in [0.2, 0.25) is 5.91 Å². The van der Waals surface area contributed by atoms with Gasteiger partial charge in [-0.2, -0.15) is 0 Å². The summed E-state index contributed by atoms with van der Waals surface area (Å²) in [6.07, 6.45) is 0.400. The highest BCUT2D eigenvalue weighted by atomic mass is 16.5. The van der Waals surface area contributed by atoms with Crippen LogP contribution in [0.5, 0.6) is 5.75 Å². The first kappa shape index (κ1) is 18.0. The third-order valence-electron chi connectivity index (χ3n) is 3.96. The summed E-state index contributed by atoms with van der Waals surface area (Å²) in [6.45, 7) is 7.16. The van der Waals surface area contributed by atoms with Gasteiger partial charge in [-0.1, -0.05) is 11.2 Å². The van der Waals surface area contributed by atoms with Gasteiger partial charge in [-0.3, -0.25) is 4.79 Å². The molecule has 0 saturated carbocycles. The molecule has 130 valence electrons. The molecule has 6 heteroatoms. The van der Waals surface area contributed by atoms with E-state index < -0.39 is 0 Å². The van der Waals surface area contributed by atoms with Gasteiger partial charge in [0.05, 0.1) is 18.5 Å². The van der Waals surface area contributed by atoms with Crippen LogP contribution in [-0.2, 0) is 11.3 Å². The summed E-state index contributed by atoms with van der Waals surface area (Å²) in [7, 11) is 3.57. The van der Waals surface area contributed by atoms with Gasteiger partial charge in [-0.15, -0.1) is 0 Å². The number of methoxy groups -OCH3 is 1. The Morgan fingerprint density at radius 2 is 2.08 bits per heavy atom. The van der Waals surface area contributed by atoms with Gasteiger partial charge < -0.3 is 19.5 Å². The molecule has 6 nitrogen and oxygen atoms in total. The number of rotatable bonds is 7. The van der Waals surface area contributed by atoms with Gasteiger partial charge in [0.15, 0.2) is 0 Å². The van der Waals surface area contributed by atoms with Crippen LogP contribution in [-0.4, -0.2) is 36.7 Å². The molecule has 0 saturated heterocycles. The Balaban J connectivity index is 1.88. The highest BCUT2D eigenvalue weighted by Gasteiger charge is 2.13. The fourth-order valence-corrected chi connectivity index (χ4v) is 2.50. The largest absolute Gasteiger partial charge is 0.495 e. The van der Waals surface area contributed by atoms with E-state index in [-0.39, 0.29) is 5.91 Å². The van der Waals surface area contributed by atoms with Crippen LogP contribution in [0, 0.1) is 20.8 Å². The molecule has 1 amide bonds. The number of carbonyl (C=O) groups is 1. The number of amides is 1. The van der Waals surface area contributed by atoms with Crippen molar-refractivity contribution in [2.75, 3.05) is 26.0 Å². The number of nitrogens with one attached hydrogen (secondary N) is 1. The summed E-state index contributed by atoms with van der Waals surface area (Å²) in [6, 6.07) is 5.71. The minimum atomic E-state index is -0.0375. The van der Waals surface area contributed by atoms with Crippen LogP contribution in [0.3, 0.4) is 0 Å². The molecule has 0 bridgehead atoms. The molecule has 1 N–H and O–H groups in total. The molecular formula is C18H25N3O3. The van der Waals surface area contributed by atoms with Crippen molar-refractivity contribution in [1.82, 2.24) is 10.1 Å². The molecule has 1 aromatic carbocycles. The monoisotopic (exact) mass is 331 g/mol. The second-order valence-corrected chi connectivity index (χ2v) is 6.04. The molecule has 0 atom stereocenters. The van der Waals surface area contributed by atoms with E-state index in [1.807, 2.05) is 46.0 Å². The summed E-state index contributed by atoms with van der Waals surface area (Å²) in [5.74, 6) is 1.45. The number of anilines is 1. The highest BCUT2D eigenvalue weighted by Crippen LogP contribution is 2.25. The number of aromatic nitrogens is 1. The van der Waals surface area contributed by atoms with Gasteiger partial charge in [0.25, 0.3) is 0 Å². The maximum atomic E-state index is 12.2. The lowest BCUT2D eigenvalue weighted by molar-refractivity contribution is -0.116. The zero-order valence-electron chi connectivity index (χ0n) is 15.0. The summed E-state index contributed by atoms with van der Waals surface area (Å²) in [4.78, 5) is 14.3. The quantitative estimate of drug-likeness (QED) is 0.844. The molecule has 0 aliphatic carbocycles. The first-order valence-corrected chi connectivity index (χ1v) is 7.95. The number of ether oxygens (including phenoxy) is 1. The van der Waals surface area contributed by atoms with Crippen molar-refractivity contribution in [1.29, 1.82) is 0 Å². The minimum Gasteiger partial charge on any atom is -0.495 e. The Kier molecular flexibility index (Phi) is 5.98. The van der Waals surface area contributed by atoms with E-state index in [2.05, 4.69) is 15.4 Å². The van der Waals surface area contributed by atoms with Crippen molar-refractivity contribution < 1.29 is 14.1 Å². The van der Waals surface area contributed by atoms with Crippen LogP contribution in [0.1, 0.15) is 29.0 Å². The number of carbonyl (C=O) groups excluding carboxylic acids is 1. The fraction of sp³-hybridized carbons (Fsp3) is 0.444. The Morgan fingerprint density at radius 3 is 2.71 bits per heavy atom. The fourth-order valence-electron chi connectivity index (χ4n) is 2.50. The minimum absolute atomic E-state index is 0.0375. The number of benzene rings is 1. The topological polar surface area (TPSA) is 67.6 Å². The van der Waals surface area contributed by atoms with Crippen molar-refractivity contribution in [3.8, 4) is 5.75 Å². The van der Waals surface area contributed by atoms with Crippen molar-refractivity contribution in [2.45, 2.75) is 33.7 Å². The molecule has 0 fully saturated rings. The number of aryl methyl sites for hydroxylation is 3. The Labute approximate surface area is 142 Å². The molecule has 2 aromatic rings. The van der Waals surface area contributed by atoms with E-state index in [0.717, 1.165) is 22.6 Å². The summed E-state index contributed by atoms with van der Waals surface area (Å²) >= 11 is 0. The third-order valence-corrected chi connectivity index (χ3v) is 3.96. The van der Waals surface area contributed by atoms with Crippen molar-refractivity contribution in [2.24, 2.45) is 0 Å². The predicted octanol–water partition coefficient (Wildman–Crippen LogP) is 3.07. The molecule has 0 unspecified atom stereocenters. The van der Waals surface area contributed by atoms with Crippen LogP contribution in [0.15, 0.2) is 22.7 Å². The SMILES string of the molecule is COc1ccc(C)cc1NC(=O)CCN(C)Cc1c(C)noc1C. The molecule has 0 radical (unpaired) electrons. The number of hydrogen-bond acceptors (Lipinski definition) is 5. The summed E-state index contributed by atoms with van der Waals surface area (Å²) in [5.41, 5.74) is 3.75. The Morgan fingerprint density at radius 1 is 1.33 bits per heavy atom. The Bertz CT molecular complexity index is 690. The van der Waals surface area contributed by atoms with Gasteiger partial charge in [-0.25, -0.2) is 0 Å². The summed E-state index contributed by atoms with van der Waals surface area (Å²) < 4.78 is 10.4. The third kappa shape index (κ3) is 4.58. The average Bonchev–Trinajstić information content (AvgIpc) is 2.85. The van der Waals surface area contributed by atoms with E-state index in [9.17, 15) is 4.79 Å². The van der Waals surface area contributed by atoms with E-state index in [0.29, 0.717) is 30.9 Å². The number of hydrogen-bond donors (Lipinski definition) is 1. The zero-order chi connectivity index (χ0) is 17.7. The van der Waals surface area contributed by atoms with E-state index in [1.54, 1.807) is 7.11 Å². The van der Waals surface area contributed by atoms with Gasteiger partial charge >= 0.3 is 0 Å². The highest BCUT2D eigenvalue weighted by molar-refractivity contribution is 5.92. The van der Waals surface area contributed by atoms with Crippen molar-refractivity contribution in [3.63, 3.8) is 0 Å². The van der Waals surface area contributed by atoms with Crippen LogP contribution in [0.2, 0.25) is 0 Å². The zero-order valence-corrected chi connectivity index (χ0v) is 15.0. The lowest BCUT2D eigenvalue weighted by Gasteiger charge is -2.16. The van der Waals surface area contributed by atoms with Crippen molar-refractivity contribution >= 4 is 11.6 Å². The van der Waals surface area contributed by atoms with Gasteiger partial charge in [0, 0.05) is 25.1 Å². The Hall–Kier alpha value is -2.34. The molecule has 1 heterocycles. The molecule has 2 rings (SSSR count). The molecule has 0 aliphatic rings. The average molecular weight is 331 g/mol. The predicted molar refractivity (Wildman–Crippen MR) is 93.3 cm³/mol. The van der Waals surface area contributed by atoms with E-state index in [1.165, 1.54) is 0 Å². The standard InChI is InChI=1S/C18H25N3O3/c1-12-6-7-17(23-5)16(10-12)19-18(22)8-9-21(4)11-15-13(2)20-24-14(15)3/h6-7,10H,8-9,11H2,1-5H3,(H,19,22). The van der Waals surface area contributed by atoms with Crippen LogP contribution in [0.4, 0.5) is 5.69 Å². The van der Waals surface area contributed by atoms with E-state index >= 15 is 0 Å². The van der Waals surface area contributed by atoms with Crippen LogP contribution < -0.4 is 10.1 Å². The second kappa shape index (κ2) is 7.97. The molecule has 0 spiro atoms. The molecule has 0 aliphatic heterocycles. The van der Waals surface area contributed by atoms with Gasteiger partial charge in [-0.05, 0) is 45.5 Å². The van der Waals surface area contributed by atoms with Crippen LogP contribution in [0.25, 0.3) is 0 Å². The lowest BCUT2D eigenvalue weighted by atomic mass is 10.2. The first-order chi connectivity index (χ1) is 11.4. The number of nitrogens with zero attached hydrogens (tertiary/aromatic N) is 2. The smallest absolute Gasteiger partial charge is 0.225 e. The molecule has 1 aromatic heterocycles. The molecule has 24 heavy (non-hydrogen) atoms. The van der Waals surface area contributed by atoms with Gasteiger partial charge in [0.1, 0.15) is 11.5 Å². The normalized spacial score (nSPS) is 10.9. The van der Waals surface area contributed by atoms with Crippen molar-refractivity contribution in [3.05, 3.63) is 40.8 Å². The second-order valence-electron chi connectivity index (χ2n) is 6.04. The maximum Gasteiger partial charge on any atom is 0.225 e. The lowest BCUT2D eigenvalue weighted by Crippen LogP contribution is -2.24. The van der Waals surface area contributed by atoms with Crippen LogP contribution >= 0.6 is 0 Å².